The number of aromatic nitrogens is 2. The van der Waals surface area contributed by atoms with Gasteiger partial charge >= 0.3 is 0 Å². The minimum Gasteiger partial charge on any atom is -0.367 e. The molecule has 1 aromatic carbocycles. The van der Waals surface area contributed by atoms with Crippen LogP contribution in [-0.2, 0) is 12.8 Å². The zero-order chi connectivity index (χ0) is 13.9. The van der Waals surface area contributed by atoms with E-state index < -0.39 is 0 Å². The average molecular weight is 268 g/mol. The van der Waals surface area contributed by atoms with Gasteiger partial charge in [0.05, 0.1) is 0 Å². The molecule has 4 nitrogen and oxygen atoms in total. The van der Waals surface area contributed by atoms with Crippen LogP contribution >= 0.6 is 0 Å². The molecule has 104 valence electrons. The molecule has 1 aliphatic carbocycles. The van der Waals surface area contributed by atoms with Gasteiger partial charge in [-0.3, -0.25) is 0 Å². The third kappa shape index (κ3) is 2.74. The summed E-state index contributed by atoms with van der Waals surface area (Å²) in [5.74, 6) is 1.65. The lowest BCUT2D eigenvalue weighted by molar-refractivity contribution is 0.608. The van der Waals surface area contributed by atoms with E-state index >= 15 is 0 Å². The van der Waals surface area contributed by atoms with E-state index in [0.29, 0.717) is 6.04 Å². The van der Waals surface area contributed by atoms with Crippen LogP contribution in [0.2, 0.25) is 0 Å². The van der Waals surface area contributed by atoms with E-state index in [1.165, 1.54) is 11.1 Å². The second kappa shape index (κ2) is 5.49. The van der Waals surface area contributed by atoms with Gasteiger partial charge in [-0.1, -0.05) is 24.3 Å². The van der Waals surface area contributed by atoms with Crippen LogP contribution in [0.5, 0.6) is 0 Å². The van der Waals surface area contributed by atoms with Gasteiger partial charge in [-0.15, -0.1) is 0 Å². The van der Waals surface area contributed by atoms with E-state index in [1.54, 1.807) is 6.20 Å². The first-order valence-corrected chi connectivity index (χ1v) is 7.06. The lowest BCUT2D eigenvalue weighted by Crippen LogP contribution is -2.28. The first-order chi connectivity index (χ1) is 9.72. The lowest BCUT2D eigenvalue weighted by atomic mass is 9.88. The fourth-order valence-corrected chi connectivity index (χ4v) is 2.67. The van der Waals surface area contributed by atoms with Crippen molar-refractivity contribution in [3.05, 3.63) is 47.7 Å². The van der Waals surface area contributed by atoms with Crippen LogP contribution in [0, 0.1) is 0 Å². The van der Waals surface area contributed by atoms with Crippen molar-refractivity contribution in [1.82, 2.24) is 9.97 Å². The van der Waals surface area contributed by atoms with E-state index in [-0.39, 0.29) is 0 Å². The number of nitrogens with one attached hydrogen (secondary N) is 1. The highest BCUT2D eigenvalue weighted by atomic mass is 15.2. The normalized spacial score (nSPS) is 17.4. The number of nitrogens with zero attached hydrogens (tertiary/aromatic N) is 3. The minimum absolute atomic E-state index is 0.454. The third-order valence-corrected chi connectivity index (χ3v) is 3.74. The summed E-state index contributed by atoms with van der Waals surface area (Å²) in [6.07, 6.45) is 5.16. The molecule has 0 saturated carbocycles. The standard InChI is InChI=1S/C16H20N4/c1-20(2)16-17-10-9-15(19-16)18-14-8-7-12-5-3-4-6-13(12)11-14/h3-6,9-10,14H,7-8,11H2,1-2H3,(H,17,18,19). The maximum absolute atomic E-state index is 4.53. The highest BCUT2D eigenvalue weighted by Gasteiger charge is 2.18. The average Bonchev–Trinajstić information content (AvgIpc) is 2.47. The van der Waals surface area contributed by atoms with Crippen molar-refractivity contribution in [1.29, 1.82) is 0 Å². The summed E-state index contributed by atoms with van der Waals surface area (Å²) in [6.45, 7) is 0. The summed E-state index contributed by atoms with van der Waals surface area (Å²) in [4.78, 5) is 10.7. The Bertz CT molecular complexity index is 595. The molecule has 0 saturated heterocycles. The number of hydrogen-bond donors (Lipinski definition) is 1. The van der Waals surface area contributed by atoms with E-state index in [2.05, 4.69) is 39.6 Å². The summed E-state index contributed by atoms with van der Waals surface area (Å²) in [7, 11) is 3.91. The summed E-state index contributed by atoms with van der Waals surface area (Å²) in [5, 5.41) is 3.54. The number of fused-ring (bicyclic) bond motifs is 1. The van der Waals surface area contributed by atoms with Gasteiger partial charge in [-0.25, -0.2) is 4.98 Å². The molecule has 3 rings (SSSR count). The second-order valence-corrected chi connectivity index (χ2v) is 5.49. The zero-order valence-corrected chi connectivity index (χ0v) is 12.0. The van der Waals surface area contributed by atoms with Gasteiger partial charge in [0.25, 0.3) is 0 Å². The van der Waals surface area contributed by atoms with Crippen molar-refractivity contribution in [3.63, 3.8) is 0 Å². The van der Waals surface area contributed by atoms with Crippen molar-refractivity contribution in [2.45, 2.75) is 25.3 Å². The predicted molar refractivity (Wildman–Crippen MR) is 82.2 cm³/mol. The SMILES string of the molecule is CN(C)c1nccc(NC2CCc3ccccc3C2)n1. The van der Waals surface area contributed by atoms with Crippen molar-refractivity contribution >= 4 is 11.8 Å². The number of hydrogen-bond acceptors (Lipinski definition) is 4. The van der Waals surface area contributed by atoms with Gasteiger partial charge in [0.15, 0.2) is 0 Å². The Hall–Kier alpha value is -2.10. The van der Waals surface area contributed by atoms with Crippen LogP contribution < -0.4 is 10.2 Å². The van der Waals surface area contributed by atoms with Crippen LogP contribution in [0.15, 0.2) is 36.5 Å². The van der Waals surface area contributed by atoms with Crippen LogP contribution in [0.3, 0.4) is 0 Å². The highest BCUT2D eigenvalue weighted by molar-refractivity contribution is 5.42. The van der Waals surface area contributed by atoms with Crippen LogP contribution in [-0.4, -0.2) is 30.1 Å². The molecule has 0 bridgehead atoms. The van der Waals surface area contributed by atoms with E-state index in [4.69, 9.17) is 0 Å². The van der Waals surface area contributed by atoms with Gasteiger partial charge in [0.1, 0.15) is 5.82 Å². The topological polar surface area (TPSA) is 41.1 Å². The molecule has 4 heteroatoms. The number of benzene rings is 1. The van der Waals surface area contributed by atoms with Crippen LogP contribution in [0.4, 0.5) is 11.8 Å². The monoisotopic (exact) mass is 268 g/mol. The van der Waals surface area contributed by atoms with Gasteiger partial charge in [-0.2, -0.15) is 4.98 Å². The molecular formula is C16H20N4. The highest BCUT2D eigenvalue weighted by Crippen LogP contribution is 2.23. The molecule has 1 unspecified atom stereocenters. The van der Waals surface area contributed by atoms with E-state index in [9.17, 15) is 0 Å². The maximum Gasteiger partial charge on any atom is 0.226 e. The Morgan fingerprint density at radius 1 is 1.15 bits per heavy atom. The molecule has 1 aliphatic rings. The van der Waals surface area contributed by atoms with Crippen molar-refractivity contribution in [2.24, 2.45) is 0 Å². The maximum atomic E-state index is 4.53. The summed E-state index contributed by atoms with van der Waals surface area (Å²) in [6, 6.07) is 11.1. The smallest absolute Gasteiger partial charge is 0.226 e. The Kier molecular flexibility index (Phi) is 3.54. The Morgan fingerprint density at radius 2 is 1.95 bits per heavy atom. The predicted octanol–water partition coefficient (Wildman–Crippen LogP) is 2.51. The molecule has 0 fully saturated rings. The van der Waals surface area contributed by atoms with Crippen LogP contribution in [0.25, 0.3) is 0 Å². The molecule has 1 atom stereocenters. The molecule has 20 heavy (non-hydrogen) atoms. The Balaban J connectivity index is 1.72. The van der Waals surface area contributed by atoms with E-state index in [1.807, 2.05) is 25.1 Å². The first kappa shape index (κ1) is 12.9. The molecule has 1 N–H and O–H groups in total. The molecule has 0 aliphatic heterocycles. The number of aryl methyl sites for hydroxylation is 1. The molecule has 0 radical (unpaired) electrons. The largest absolute Gasteiger partial charge is 0.367 e. The second-order valence-electron chi connectivity index (χ2n) is 5.49. The number of rotatable bonds is 3. The summed E-state index contributed by atoms with van der Waals surface area (Å²) in [5.41, 5.74) is 2.94. The Labute approximate surface area is 119 Å². The van der Waals surface area contributed by atoms with Gasteiger partial charge in [-0.05, 0) is 36.5 Å². The fraction of sp³-hybridized carbons (Fsp3) is 0.375. The quantitative estimate of drug-likeness (QED) is 0.928. The molecular weight excluding hydrogens is 248 g/mol. The molecule has 1 heterocycles. The van der Waals surface area contributed by atoms with Crippen molar-refractivity contribution in [3.8, 4) is 0 Å². The molecule has 2 aromatic rings. The fourth-order valence-electron chi connectivity index (χ4n) is 2.67. The van der Waals surface area contributed by atoms with Crippen LogP contribution in [0.1, 0.15) is 17.5 Å². The van der Waals surface area contributed by atoms with Crippen molar-refractivity contribution < 1.29 is 0 Å². The molecule has 1 aromatic heterocycles. The summed E-state index contributed by atoms with van der Waals surface area (Å²) < 4.78 is 0. The first-order valence-electron chi connectivity index (χ1n) is 7.06. The van der Waals surface area contributed by atoms with Crippen molar-refractivity contribution in [2.75, 3.05) is 24.3 Å². The lowest BCUT2D eigenvalue weighted by Gasteiger charge is -2.26. The zero-order valence-electron chi connectivity index (χ0n) is 12.0. The minimum atomic E-state index is 0.454. The van der Waals surface area contributed by atoms with Gasteiger partial charge in [0, 0.05) is 26.3 Å². The molecule has 0 spiro atoms. The molecule has 0 amide bonds. The Morgan fingerprint density at radius 3 is 2.75 bits per heavy atom. The van der Waals surface area contributed by atoms with Gasteiger partial charge in [0.2, 0.25) is 5.95 Å². The van der Waals surface area contributed by atoms with Gasteiger partial charge < -0.3 is 10.2 Å². The van der Waals surface area contributed by atoms with E-state index in [0.717, 1.165) is 31.0 Å². The number of anilines is 2. The summed E-state index contributed by atoms with van der Waals surface area (Å²) >= 11 is 0. The third-order valence-electron chi connectivity index (χ3n) is 3.74.